The number of carbonyl (C=O) groups excluding carboxylic acids is 1. The zero-order chi connectivity index (χ0) is 12.6. The third-order valence-electron chi connectivity index (χ3n) is 2.68. The van der Waals surface area contributed by atoms with Gasteiger partial charge in [0.2, 0.25) is 0 Å². The molecule has 0 saturated carbocycles. The lowest BCUT2D eigenvalue weighted by molar-refractivity contribution is -0.120. The second-order valence-electron chi connectivity index (χ2n) is 3.95. The van der Waals surface area contributed by atoms with Crippen molar-refractivity contribution in [1.29, 1.82) is 0 Å². The fraction of sp³-hybridized carbons (Fsp3) is 0.500. The first-order chi connectivity index (χ1) is 7.61. The molecule has 0 radical (unpaired) electrons. The molecule has 1 aromatic rings. The summed E-state index contributed by atoms with van der Waals surface area (Å²) in [4.78, 5) is 10.3. The predicted octanol–water partition coefficient (Wildman–Crippen LogP) is 3.94. The number of rotatable bonds is 4. The number of hydrogen-bond acceptors (Lipinski definition) is 2. The van der Waals surface area contributed by atoms with E-state index in [0.29, 0.717) is 12.2 Å². The van der Waals surface area contributed by atoms with Gasteiger partial charge in [-0.05, 0) is 17.9 Å². The van der Waals surface area contributed by atoms with Gasteiger partial charge < -0.3 is 4.74 Å². The van der Waals surface area contributed by atoms with E-state index in [0.717, 1.165) is 12.0 Å². The average Bonchev–Trinajstić information content (AvgIpc) is 2.33. The lowest BCUT2D eigenvalue weighted by Crippen LogP contribution is -2.16. The third kappa shape index (κ3) is 3.69. The van der Waals surface area contributed by atoms with Crippen LogP contribution < -0.4 is 4.74 Å². The van der Waals surface area contributed by atoms with E-state index in [1.807, 2.05) is 38.1 Å². The van der Waals surface area contributed by atoms with Crippen molar-refractivity contribution in [2.45, 2.75) is 46.5 Å². The Morgan fingerprint density at radius 2 is 1.81 bits per heavy atom. The van der Waals surface area contributed by atoms with Crippen LogP contribution in [0.1, 0.15) is 46.6 Å². The van der Waals surface area contributed by atoms with Crippen molar-refractivity contribution in [2.75, 3.05) is 0 Å². The SMILES string of the molecule is CC.CCC(C)(C)c1ccccc1OC=O. The van der Waals surface area contributed by atoms with Crippen molar-refractivity contribution < 1.29 is 9.53 Å². The number of carbonyl (C=O) groups is 1. The maximum Gasteiger partial charge on any atom is 0.298 e. The van der Waals surface area contributed by atoms with Gasteiger partial charge in [0, 0.05) is 5.56 Å². The van der Waals surface area contributed by atoms with Crippen molar-refractivity contribution in [3.63, 3.8) is 0 Å². The van der Waals surface area contributed by atoms with Crippen molar-refractivity contribution >= 4 is 6.47 Å². The van der Waals surface area contributed by atoms with Crippen LogP contribution in [0.2, 0.25) is 0 Å². The third-order valence-corrected chi connectivity index (χ3v) is 2.68. The predicted molar refractivity (Wildman–Crippen MR) is 67.8 cm³/mol. The first-order valence-electron chi connectivity index (χ1n) is 5.81. The van der Waals surface area contributed by atoms with Crippen LogP contribution in [-0.4, -0.2) is 6.47 Å². The summed E-state index contributed by atoms with van der Waals surface area (Å²) in [6.07, 6.45) is 1.01. The lowest BCUT2D eigenvalue weighted by Gasteiger charge is -2.24. The molecule has 0 N–H and O–H groups in total. The van der Waals surface area contributed by atoms with Crippen LogP contribution in [0, 0.1) is 0 Å². The summed E-state index contributed by atoms with van der Waals surface area (Å²) in [5.74, 6) is 0.661. The summed E-state index contributed by atoms with van der Waals surface area (Å²) in [7, 11) is 0. The second-order valence-corrected chi connectivity index (χ2v) is 3.95. The van der Waals surface area contributed by atoms with Gasteiger partial charge in [0.25, 0.3) is 6.47 Å². The summed E-state index contributed by atoms with van der Waals surface area (Å²) in [5.41, 5.74) is 1.12. The van der Waals surface area contributed by atoms with Gasteiger partial charge in [-0.1, -0.05) is 52.8 Å². The van der Waals surface area contributed by atoms with Gasteiger partial charge in [0.15, 0.2) is 0 Å². The maximum atomic E-state index is 10.3. The molecule has 16 heavy (non-hydrogen) atoms. The molecule has 2 nitrogen and oxygen atoms in total. The molecule has 0 unspecified atom stereocenters. The zero-order valence-electron chi connectivity index (χ0n) is 10.9. The van der Waals surface area contributed by atoms with E-state index in [2.05, 4.69) is 20.8 Å². The molecule has 0 spiro atoms. The van der Waals surface area contributed by atoms with Crippen molar-refractivity contribution in [2.24, 2.45) is 0 Å². The molecule has 0 bridgehead atoms. The van der Waals surface area contributed by atoms with Crippen LogP contribution in [-0.2, 0) is 10.2 Å². The van der Waals surface area contributed by atoms with Crippen LogP contribution in [0.5, 0.6) is 5.75 Å². The van der Waals surface area contributed by atoms with Gasteiger partial charge in [0.1, 0.15) is 5.75 Å². The largest absolute Gasteiger partial charge is 0.428 e. The smallest absolute Gasteiger partial charge is 0.298 e. The highest BCUT2D eigenvalue weighted by Gasteiger charge is 2.21. The lowest BCUT2D eigenvalue weighted by atomic mass is 9.82. The number of para-hydroxylation sites is 1. The second kappa shape index (κ2) is 7.04. The Hall–Kier alpha value is -1.31. The number of hydrogen-bond donors (Lipinski definition) is 0. The van der Waals surface area contributed by atoms with E-state index in [1.165, 1.54) is 0 Å². The minimum Gasteiger partial charge on any atom is -0.428 e. The molecule has 0 aliphatic carbocycles. The topological polar surface area (TPSA) is 26.3 Å². The molecule has 0 fully saturated rings. The van der Waals surface area contributed by atoms with E-state index >= 15 is 0 Å². The Labute approximate surface area is 98.6 Å². The van der Waals surface area contributed by atoms with Gasteiger partial charge in [-0.3, -0.25) is 4.79 Å². The molecule has 90 valence electrons. The quantitative estimate of drug-likeness (QED) is 0.721. The van der Waals surface area contributed by atoms with E-state index in [1.54, 1.807) is 0 Å². The molecule has 0 saturated heterocycles. The Morgan fingerprint density at radius 3 is 2.31 bits per heavy atom. The highest BCUT2D eigenvalue weighted by Crippen LogP contribution is 2.33. The molecule has 1 aromatic carbocycles. The van der Waals surface area contributed by atoms with E-state index < -0.39 is 0 Å². The number of ether oxygens (including phenoxy) is 1. The minimum atomic E-state index is 0.0413. The van der Waals surface area contributed by atoms with Crippen molar-refractivity contribution in [3.8, 4) is 5.75 Å². The first-order valence-corrected chi connectivity index (χ1v) is 5.81. The van der Waals surface area contributed by atoms with Crippen LogP contribution in [0.15, 0.2) is 24.3 Å². The van der Waals surface area contributed by atoms with Crippen LogP contribution in [0.25, 0.3) is 0 Å². The molecule has 0 atom stereocenters. The normalized spacial score (nSPS) is 10.1. The van der Waals surface area contributed by atoms with Crippen LogP contribution in [0.3, 0.4) is 0 Å². The Bertz CT molecular complexity index is 316. The fourth-order valence-corrected chi connectivity index (χ4v) is 1.37. The standard InChI is InChI=1S/C12H16O2.C2H6/c1-4-12(2,3)10-7-5-6-8-11(10)14-9-13;1-2/h5-9H,4H2,1-3H3;1-2H3. The molecular formula is C14H22O2. The molecule has 0 aromatic heterocycles. The van der Waals surface area contributed by atoms with Crippen molar-refractivity contribution in [1.82, 2.24) is 0 Å². The van der Waals surface area contributed by atoms with Crippen molar-refractivity contribution in [3.05, 3.63) is 29.8 Å². The van der Waals surface area contributed by atoms with Crippen LogP contribution in [0.4, 0.5) is 0 Å². The molecule has 0 aliphatic heterocycles. The van der Waals surface area contributed by atoms with E-state index in [9.17, 15) is 4.79 Å². The monoisotopic (exact) mass is 222 g/mol. The average molecular weight is 222 g/mol. The first kappa shape index (κ1) is 14.7. The molecule has 0 amide bonds. The summed E-state index contributed by atoms with van der Waals surface area (Å²) >= 11 is 0. The van der Waals surface area contributed by atoms with E-state index in [-0.39, 0.29) is 5.41 Å². The molecule has 0 heterocycles. The summed E-state index contributed by atoms with van der Waals surface area (Å²) in [6.45, 7) is 10.9. The molecule has 1 rings (SSSR count). The highest BCUT2D eigenvalue weighted by molar-refractivity contribution is 5.49. The van der Waals surface area contributed by atoms with E-state index in [4.69, 9.17) is 4.74 Å². The van der Waals surface area contributed by atoms with Gasteiger partial charge in [-0.25, -0.2) is 0 Å². The molecule has 2 heteroatoms. The van der Waals surface area contributed by atoms with Gasteiger partial charge >= 0.3 is 0 Å². The highest BCUT2D eigenvalue weighted by atomic mass is 16.5. The molecular weight excluding hydrogens is 200 g/mol. The Kier molecular flexibility index (Phi) is 6.47. The summed E-state index contributed by atoms with van der Waals surface area (Å²) in [5, 5.41) is 0. The Balaban J connectivity index is 0.00000106. The fourth-order valence-electron chi connectivity index (χ4n) is 1.37. The van der Waals surface area contributed by atoms with Gasteiger partial charge in [-0.15, -0.1) is 0 Å². The van der Waals surface area contributed by atoms with Gasteiger partial charge in [0.05, 0.1) is 0 Å². The summed E-state index contributed by atoms with van der Waals surface area (Å²) in [6, 6.07) is 7.65. The zero-order valence-corrected chi connectivity index (χ0v) is 10.9. The number of benzene rings is 1. The Morgan fingerprint density at radius 1 is 1.25 bits per heavy atom. The van der Waals surface area contributed by atoms with Gasteiger partial charge in [-0.2, -0.15) is 0 Å². The minimum absolute atomic E-state index is 0.0413. The maximum absolute atomic E-state index is 10.3. The molecule has 0 aliphatic rings. The summed E-state index contributed by atoms with van der Waals surface area (Å²) < 4.78 is 4.94. The van der Waals surface area contributed by atoms with Crippen LogP contribution >= 0.6 is 0 Å².